The second kappa shape index (κ2) is 7.04. The zero-order chi connectivity index (χ0) is 19.1. The maximum atomic E-state index is 13.6. The molecule has 4 heterocycles. The summed E-state index contributed by atoms with van der Waals surface area (Å²) < 4.78 is 21.1. The number of carbonyl (C=O) groups is 1. The van der Waals surface area contributed by atoms with Gasteiger partial charge in [-0.05, 0) is 50.3 Å². The predicted molar refractivity (Wildman–Crippen MR) is 101 cm³/mol. The van der Waals surface area contributed by atoms with Gasteiger partial charge in [0.05, 0.1) is 6.42 Å². The molecule has 2 aliphatic heterocycles. The molecular weight excluding hydrogens is 359 g/mol. The minimum atomic E-state index is -0.355. The Bertz CT molecular complexity index is 1020. The second-order valence-corrected chi connectivity index (χ2v) is 7.84. The van der Waals surface area contributed by atoms with Crippen molar-refractivity contribution in [2.75, 3.05) is 13.1 Å². The number of halogens is 1. The molecule has 1 saturated heterocycles. The molecule has 0 bridgehead atoms. The molecule has 0 N–H and O–H groups in total. The van der Waals surface area contributed by atoms with E-state index in [0.717, 1.165) is 38.2 Å². The maximum Gasteiger partial charge on any atom is 0.228 e. The van der Waals surface area contributed by atoms with E-state index in [1.54, 1.807) is 6.07 Å². The van der Waals surface area contributed by atoms with E-state index in [0.29, 0.717) is 23.2 Å². The first kappa shape index (κ1) is 17.4. The number of imidazole rings is 1. The van der Waals surface area contributed by atoms with Crippen LogP contribution < -0.4 is 0 Å². The van der Waals surface area contributed by atoms with Crippen LogP contribution in [0.1, 0.15) is 48.8 Å². The third kappa shape index (κ3) is 3.08. The van der Waals surface area contributed by atoms with Crippen LogP contribution in [0.5, 0.6) is 0 Å². The number of aryl methyl sites for hydroxylation is 1. The molecule has 3 aromatic rings. The number of nitrogens with zero attached hydrogens (tertiary/aromatic N) is 4. The van der Waals surface area contributed by atoms with E-state index in [1.165, 1.54) is 30.7 Å². The fourth-order valence-corrected chi connectivity index (χ4v) is 4.54. The van der Waals surface area contributed by atoms with Crippen LogP contribution in [0, 0.1) is 5.82 Å². The zero-order valence-electron chi connectivity index (χ0n) is 15.7. The van der Waals surface area contributed by atoms with Gasteiger partial charge in [-0.3, -0.25) is 4.79 Å². The highest BCUT2D eigenvalue weighted by molar-refractivity contribution is 5.86. The Morgan fingerprint density at radius 2 is 2.18 bits per heavy atom. The normalized spacial score (nSPS) is 19.8. The fourth-order valence-electron chi connectivity index (χ4n) is 4.54. The highest BCUT2D eigenvalue weighted by Crippen LogP contribution is 2.29. The van der Waals surface area contributed by atoms with E-state index in [1.807, 2.05) is 11.1 Å². The van der Waals surface area contributed by atoms with Gasteiger partial charge in [0.15, 0.2) is 5.58 Å². The van der Waals surface area contributed by atoms with Crippen molar-refractivity contribution < 1.29 is 13.7 Å². The first-order valence-corrected chi connectivity index (χ1v) is 10.0. The second-order valence-electron chi connectivity index (χ2n) is 7.84. The molecule has 1 aromatic carbocycles. The van der Waals surface area contributed by atoms with Crippen LogP contribution >= 0.6 is 0 Å². The van der Waals surface area contributed by atoms with Gasteiger partial charge in [0, 0.05) is 42.8 Å². The number of fused-ring (bicyclic) bond motifs is 2. The number of carbonyl (C=O) groups excluding carboxylic acids is 1. The Kier molecular flexibility index (Phi) is 4.37. The number of aromatic nitrogens is 3. The van der Waals surface area contributed by atoms with Crippen LogP contribution in [0.15, 0.2) is 28.9 Å². The van der Waals surface area contributed by atoms with Crippen molar-refractivity contribution >= 4 is 16.9 Å². The Balaban J connectivity index is 1.32. The lowest BCUT2D eigenvalue weighted by Gasteiger charge is -2.33. The molecule has 5 rings (SSSR count). The third-order valence-corrected chi connectivity index (χ3v) is 6.00. The van der Waals surface area contributed by atoms with Crippen molar-refractivity contribution in [2.24, 2.45) is 0 Å². The number of piperidine rings is 1. The largest absolute Gasteiger partial charge is 0.356 e. The van der Waals surface area contributed by atoms with Crippen LogP contribution in [0.2, 0.25) is 0 Å². The summed E-state index contributed by atoms with van der Waals surface area (Å²) in [5, 5.41) is 4.57. The lowest BCUT2D eigenvalue weighted by molar-refractivity contribution is -0.131. The van der Waals surface area contributed by atoms with Gasteiger partial charge in [0.1, 0.15) is 17.3 Å². The minimum Gasteiger partial charge on any atom is -0.356 e. The summed E-state index contributed by atoms with van der Waals surface area (Å²) >= 11 is 0. The SMILES string of the molecule is O=C(Cc1noc2ccc(F)cc12)N1CCC[C@@H](c2ncc3n2CCCC3)C1. The maximum absolute atomic E-state index is 13.6. The predicted octanol–water partition coefficient (Wildman–Crippen LogP) is 3.45. The van der Waals surface area contributed by atoms with Crippen molar-refractivity contribution in [1.29, 1.82) is 0 Å². The highest BCUT2D eigenvalue weighted by atomic mass is 19.1. The van der Waals surface area contributed by atoms with Gasteiger partial charge in [-0.1, -0.05) is 5.16 Å². The highest BCUT2D eigenvalue weighted by Gasteiger charge is 2.29. The van der Waals surface area contributed by atoms with Crippen LogP contribution in [0.4, 0.5) is 4.39 Å². The molecule has 1 atom stereocenters. The Labute approximate surface area is 162 Å². The summed E-state index contributed by atoms with van der Waals surface area (Å²) in [6.45, 7) is 2.46. The number of hydrogen-bond donors (Lipinski definition) is 0. The molecule has 2 aliphatic rings. The van der Waals surface area contributed by atoms with Gasteiger partial charge >= 0.3 is 0 Å². The van der Waals surface area contributed by atoms with Gasteiger partial charge in [0.2, 0.25) is 5.91 Å². The molecule has 28 heavy (non-hydrogen) atoms. The number of benzene rings is 1. The van der Waals surface area contributed by atoms with Crippen molar-refractivity contribution in [2.45, 2.75) is 51.0 Å². The molecule has 0 saturated carbocycles. The van der Waals surface area contributed by atoms with Crippen LogP contribution in [0.25, 0.3) is 11.0 Å². The van der Waals surface area contributed by atoms with E-state index in [9.17, 15) is 9.18 Å². The molecule has 1 amide bonds. The standard InChI is InChI=1S/C21H23FN4O2/c22-15-6-7-19-17(10-15)18(24-28-19)11-20(27)25-8-3-4-14(13-25)21-23-12-16-5-1-2-9-26(16)21/h6-7,10,12,14H,1-5,8-9,11,13H2/t14-/m1/s1. The van der Waals surface area contributed by atoms with E-state index in [2.05, 4.69) is 9.72 Å². The fraction of sp³-hybridized carbons (Fsp3) is 0.476. The first-order valence-electron chi connectivity index (χ1n) is 10.0. The summed E-state index contributed by atoms with van der Waals surface area (Å²) in [6.07, 6.45) is 7.67. The quantitative estimate of drug-likeness (QED) is 0.696. The number of amides is 1. The zero-order valence-corrected chi connectivity index (χ0v) is 15.7. The van der Waals surface area contributed by atoms with Crippen molar-refractivity contribution in [3.05, 3.63) is 47.4 Å². The Morgan fingerprint density at radius 1 is 1.25 bits per heavy atom. The van der Waals surface area contributed by atoms with Crippen LogP contribution in [-0.2, 0) is 24.2 Å². The summed E-state index contributed by atoms with van der Waals surface area (Å²) in [5.74, 6) is 1.05. The number of hydrogen-bond acceptors (Lipinski definition) is 4. The summed E-state index contributed by atoms with van der Waals surface area (Å²) in [5.41, 5.74) is 2.32. The smallest absolute Gasteiger partial charge is 0.228 e. The summed E-state index contributed by atoms with van der Waals surface area (Å²) in [4.78, 5) is 19.5. The van der Waals surface area contributed by atoms with Crippen LogP contribution in [-0.4, -0.2) is 38.6 Å². The summed E-state index contributed by atoms with van der Waals surface area (Å²) in [7, 11) is 0. The van der Waals surface area contributed by atoms with Crippen molar-refractivity contribution in [1.82, 2.24) is 19.6 Å². The first-order chi connectivity index (χ1) is 13.7. The van der Waals surface area contributed by atoms with Gasteiger partial charge in [-0.15, -0.1) is 0 Å². The minimum absolute atomic E-state index is 0.00887. The Morgan fingerprint density at radius 3 is 3.11 bits per heavy atom. The monoisotopic (exact) mass is 382 g/mol. The molecule has 0 spiro atoms. The van der Waals surface area contributed by atoms with Crippen molar-refractivity contribution in [3.63, 3.8) is 0 Å². The van der Waals surface area contributed by atoms with Gasteiger partial charge < -0.3 is 14.0 Å². The van der Waals surface area contributed by atoms with Crippen LogP contribution in [0.3, 0.4) is 0 Å². The lowest BCUT2D eigenvalue weighted by Crippen LogP contribution is -2.40. The van der Waals surface area contributed by atoms with E-state index in [-0.39, 0.29) is 24.1 Å². The summed E-state index contributed by atoms with van der Waals surface area (Å²) in [6, 6.07) is 4.26. The molecule has 0 aliphatic carbocycles. The van der Waals surface area contributed by atoms with Gasteiger partial charge in [0.25, 0.3) is 0 Å². The van der Waals surface area contributed by atoms with E-state index < -0.39 is 0 Å². The molecule has 6 nitrogen and oxygen atoms in total. The number of rotatable bonds is 3. The average molecular weight is 382 g/mol. The molecule has 146 valence electrons. The third-order valence-electron chi connectivity index (χ3n) is 6.00. The topological polar surface area (TPSA) is 64.2 Å². The molecule has 1 fully saturated rings. The van der Waals surface area contributed by atoms with E-state index in [4.69, 9.17) is 9.51 Å². The number of likely N-dealkylation sites (tertiary alicyclic amines) is 1. The molecule has 0 unspecified atom stereocenters. The molecule has 0 radical (unpaired) electrons. The lowest BCUT2D eigenvalue weighted by atomic mass is 9.96. The van der Waals surface area contributed by atoms with Crippen molar-refractivity contribution in [3.8, 4) is 0 Å². The van der Waals surface area contributed by atoms with E-state index >= 15 is 0 Å². The van der Waals surface area contributed by atoms with Gasteiger partial charge in [-0.2, -0.15) is 0 Å². The molecule has 2 aromatic heterocycles. The molecule has 7 heteroatoms. The molecular formula is C21H23FN4O2. The average Bonchev–Trinajstić information content (AvgIpc) is 3.32. The Hall–Kier alpha value is -2.70. The van der Waals surface area contributed by atoms with Gasteiger partial charge in [-0.25, -0.2) is 9.37 Å².